The largest absolute Gasteiger partial charge is 0.468 e. The maximum Gasteiger partial charge on any atom is 0.327 e. The van der Waals surface area contributed by atoms with Crippen LogP contribution in [0.2, 0.25) is 0 Å². The van der Waals surface area contributed by atoms with E-state index in [-0.39, 0.29) is 12.5 Å². The highest BCUT2D eigenvalue weighted by molar-refractivity contribution is 6.03. The Bertz CT molecular complexity index is 634. The third-order valence-electron chi connectivity index (χ3n) is 4.74. The Kier molecular flexibility index (Phi) is 3.33. The van der Waals surface area contributed by atoms with Crippen LogP contribution in [0.1, 0.15) is 17.5 Å². The van der Waals surface area contributed by atoms with Crippen molar-refractivity contribution in [2.45, 2.75) is 24.5 Å². The van der Waals surface area contributed by atoms with Crippen molar-refractivity contribution in [2.24, 2.45) is 5.41 Å². The van der Waals surface area contributed by atoms with Gasteiger partial charge in [0.05, 0.1) is 20.3 Å². The van der Waals surface area contributed by atoms with Crippen LogP contribution in [0, 0.1) is 5.41 Å². The molecule has 0 aliphatic carbocycles. The first kappa shape index (κ1) is 14.8. The quantitative estimate of drug-likeness (QED) is 0.483. The van der Waals surface area contributed by atoms with Gasteiger partial charge < -0.3 is 14.2 Å². The van der Waals surface area contributed by atoms with Crippen LogP contribution in [0.4, 0.5) is 0 Å². The van der Waals surface area contributed by atoms with Gasteiger partial charge in [-0.3, -0.25) is 9.59 Å². The van der Waals surface area contributed by atoms with E-state index >= 15 is 0 Å². The summed E-state index contributed by atoms with van der Waals surface area (Å²) in [5, 5.41) is 0. The SMILES string of the molecule is C=C[C@]12O[C@H](Cc3ccccc31)CC2(C(=O)OC)C(=O)OC. The standard InChI is InChI=1S/C17H18O5/c1-4-17-13-8-6-5-7-11(13)9-12(22-17)10-16(17,14(18)20-2)15(19)21-3/h4-8,12H,1,9-10H2,2-3H3/t12-,17+/m1/s1. The Hall–Kier alpha value is -2.14. The van der Waals surface area contributed by atoms with Crippen LogP contribution in [-0.4, -0.2) is 32.3 Å². The molecule has 2 aliphatic rings. The smallest absolute Gasteiger partial charge is 0.327 e. The molecule has 3 rings (SSSR count). The van der Waals surface area contributed by atoms with E-state index in [4.69, 9.17) is 14.2 Å². The molecule has 5 nitrogen and oxygen atoms in total. The predicted molar refractivity (Wildman–Crippen MR) is 78.0 cm³/mol. The van der Waals surface area contributed by atoms with Gasteiger partial charge in [-0.05, 0) is 17.5 Å². The monoisotopic (exact) mass is 302 g/mol. The van der Waals surface area contributed by atoms with Crippen molar-refractivity contribution < 1.29 is 23.8 Å². The lowest BCUT2D eigenvalue weighted by Gasteiger charge is -2.40. The molecule has 2 bridgehead atoms. The molecule has 5 heteroatoms. The topological polar surface area (TPSA) is 61.8 Å². The molecule has 0 N–H and O–H groups in total. The number of benzene rings is 1. The summed E-state index contributed by atoms with van der Waals surface area (Å²) in [6.45, 7) is 3.84. The average Bonchev–Trinajstić information content (AvgIpc) is 2.84. The molecule has 1 aromatic rings. The van der Waals surface area contributed by atoms with Gasteiger partial charge in [-0.15, -0.1) is 0 Å². The van der Waals surface area contributed by atoms with Gasteiger partial charge in [0, 0.05) is 6.42 Å². The van der Waals surface area contributed by atoms with Gasteiger partial charge in [0.1, 0.15) is 5.60 Å². The number of methoxy groups -OCH3 is 2. The van der Waals surface area contributed by atoms with Crippen molar-refractivity contribution in [3.8, 4) is 0 Å². The van der Waals surface area contributed by atoms with Crippen LogP contribution in [-0.2, 0) is 35.8 Å². The molecular formula is C17H18O5. The number of hydrogen-bond acceptors (Lipinski definition) is 5. The number of hydrogen-bond donors (Lipinski definition) is 0. The molecular weight excluding hydrogens is 284 g/mol. The zero-order chi connectivity index (χ0) is 16.0. The molecule has 1 saturated heterocycles. The predicted octanol–water partition coefficient (Wildman–Crippen LogP) is 1.75. The van der Waals surface area contributed by atoms with Crippen molar-refractivity contribution in [2.75, 3.05) is 14.2 Å². The summed E-state index contributed by atoms with van der Waals surface area (Å²) in [6, 6.07) is 7.62. The third kappa shape index (κ3) is 1.57. The highest BCUT2D eigenvalue weighted by Gasteiger charge is 2.71. The van der Waals surface area contributed by atoms with E-state index in [0.29, 0.717) is 6.42 Å². The lowest BCUT2D eigenvalue weighted by Crippen LogP contribution is -2.53. The van der Waals surface area contributed by atoms with Crippen LogP contribution in [0.15, 0.2) is 36.9 Å². The van der Waals surface area contributed by atoms with Crippen molar-refractivity contribution in [1.82, 2.24) is 0 Å². The van der Waals surface area contributed by atoms with E-state index in [1.165, 1.54) is 20.3 Å². The number of carbonyl (C=O) groups is 2. The third-order valence-corrected chi connectivity index (χ3v) is 4.74. The van der Waals surface area contributed by atoms with Crippen LogP contribution in [0.3, 0.4) is 0 Å². The second-order valence-electron chi connectivity index (χ2n) is 5.63. The van der Waals surface area contributed by atoms with Crippen molar-refractivity contribution in [1.29, 1.82) is 0 Å². The molecule has 0 amide bonds. The summed E-state index contributed by atoms with van der Waals surface area (Å²) in [6.07, 6.45) is 2.12. The first-order valence-corrected chi connectivity index (χ1v) is 7.12. The van der Waals surface area contributed by atoms with Crippen molar-refractivity contribution in [3.63, 3.8) is 0 Å². The van der Waals surface area contributed by atoms with Crippen LogP contribution in [0.25, 0.3) is 0 Å². The molecule has 0 spiro atoms. The number of carbonyl (C=O) groups excluding carboxylic acids is 2. The molecule has 0 unspecified atom stereocenters. The van der Waals surface area contributed by atoms with Crippen LogP contribution in [0.5, 0.6) is 0 Å². The fraction of sp³-hybridized carbons (Fsp3) is 0.412. The second kappa shape index (κ2) is 4.95. The van der Waals surface area contributed by atoms with E-state index < -0.39 is 23.0 Å². The van der Waals surface area contributed by atoms with E-state index in [2.05, 4.69) is 6.58 Å². The fourth-order valence-corrected chi connectivity index (χ4v) is 3.85. The summed E-state index contributed by atoms with van der Waals surface area (Å²) in [4.78, 5) is 25.2. The van der Waals surface area contributed by atoms with E-state index in [0.717, 1.165) is 11.1 Å². The molecule has 0 saturated carbocycles. The minimum atomic E-state index is -1.56. The van der Waals surface area contributed by atoms with E-state index in [1.807, 2.05) is 24.3 Å². The zero-order valence-electron chi connectivity index (χ0n) is 12.6. The highest BCUT2D eigenvalue weighted by Crippen LogP contribution is 2.59. The second-order valence-corrected chi connectivity index (χ2v) is 5.63. The average molecular weight is 302 g/mol. The van der Waals surface area contributed by atoms with Gasteiger partial charge >= 0.3 is 11.9 Å². The minimum absolute atomic E-state index is 0.215. The first-order chi connectivity index (χ1) is 10.6. The van der Waals surface area contributed by atoms with Crippen molar-refractivity contribution in [3.05, 3.63) is 48.0 Å². The van der Waals surface area contributed by atoms with Gasteiger partial charge in [-0.2, -0.15) is 0 Å². The fourth-order valence-electron chi connectivity index (χ4n) is 3.85. The number of esters is 2. The van der Waals surface area contributed by atoms with E-state index in [9.17, 15) is 9.59 Å². The Morgan fingerprint density at radius 3 is 2.50 bits per heavy atom. The maximum absolute atomic E-state index is 12.6. The molecule has 1 aromatic carbocycles. The normalized spacial score (nSPS) is 27.6. The Labute approximate surface area is 128 Å². The summed E-state index contributed by atoms with van der Waals surface area (Å²) >= 11 is 0. The van der Waals surface area contributed by atoms with Gasteiger partial charge in [0.2, 0.25) is 5.41 Å². The number of rotatable bonds is 3. The Balaban J connectivity index is 2.31. The van der Waals surface area contributed by atoms with Gasteiger partial charge in [-0.25, -0.2) is 0 Å². The molecule has 116 valence electrons. The Morgan fingerprint density at radius 1 is 1.27 bits per heavy atom. The number of fused-ring (bicyclic) bond motifs is 4. The lowest BCUT2D eigenvalue weighted by molar-refractivity contribution is -0.181. The zero-order valence-corrected chi connectivity index (χ0v) is 12.6. The van der Waals surface area contributed by atoms with Gasteiger partial charge in [0.15, 0.2) is 0 Å². The molecule has 0 aromatic heterocycles. The molecule has 2 aliphatic heterocycles. The van der Waals surface area contributed by atoms with Crippen LogP contribution < -0.4 is 0 Å². The van der Waals surface area contributed by atoms with E-state index in [1.54, 1.807) is 0 Å². The molecule has 0 radical (unpaired) electrons. The lowest BCUT2D eigenvalue weighted by atomic mass is 9.67. The highest BCUT2D eigenvalue weighted by atomic mass is 16.6. The van der Waals surface area contributed by atoms with Crippen LogP contribution >= 0.6 is 0 Å². The number of ether oxygens (including phenoxy) is 3. The minimum Gasteiger partial charge on any atom is -0.468 e. The maximum atomic E-state index is 12.6. The summed E-state index contributed by atoms with van der Waals surface area (Å²) in [5.41, 5.74) is -0.995. The molecule has 2 atom stereocenters. The van der Waals surface area contributed by atoms with Gasteiger partial charge in [0.25, 0.3) is 0 Å². The summed E-state index contributed by atoms with van der Waals surface area (Å²) in [7, 11) is 2.52. The Morgan fingerprint density at radius 2 is 1.91 bits per heavy atom. The van der Waals surface area contributed by atoms with Gasteiger partial charge in [-0.1, -0.05) is 36.9 Å². The molecule has 22 heavy (non-hydrogen) atoms. The summed E-state index contributed by atoms with van der Waals surface area (Å²) < 4.78 is 16.0. The molecule has 1 fully saturated rings. The first-order valence-electron chi connectivity index (χ1n) is 7.12. The van der Waals surface area contributed by atoms with Crippen molar-refractivity contribution >= 4 is 11.9 Å². The summed E-state index contributed by atoms with van der Waals surface area (Å²) in [5.74, 6) is -1.31. The molecule has 2 heterocycles.